The minimum atomic E-state index is -4.23. The van der Waals surface area contributed by atoms with Crippen LogP contribution in [0, 0.1) is 0 Å². The van der Waals surface area contributed by atoms with Gasteiger partial charge in [-0.15, -0.1) is 0 Å². The van der Waals surface area contributed by atoms with E-state index in [1.165, 1.54) is 31.4 Å². The monoisotopic (exact) mass is 603 g/mol. The highest BCUT2D eigenvalue weighted by Gasteiger charge is 2.24. The molecule has 0 aliphatic heterocycles. The van der Waals surface area contributed by atoms with Gasteiger partial charge in [-0.3, -0.25) is 10.1 Å². The largest absolute Gasteiger partial charge is 0.496 e. The molecule has 1 aliphatic rings. The normalized spacial score (nSPS) is 13.4. The van der Waals surface area contributed by atoms with Gasteiger partial charge in [-0.05, 0) is 79.3 Å². The molecule has 0 saturated heterocycles. The number of nitrogens with zero attached hydrogens (tertiary/aromatic N) is 1. The van der Waals surface area contributed by atoms with E-state index in [1.807, 2.05) is 36.0 Å². The number of aromatic nitrogens is 1. The maximum Gasteiger partial charge on any atom is 0.411 e. The number of benzene rings is 3. The zero-order chi connectivity index (χ0) is 30.6. The lowest BCUT2D eigenvalue weighted by Gasteiger charge is -2.13. The molecular formula is C32H33N3O7S. The van der Waals surface area contributed by atoms with E-state index in [0.29, 0.717) is 17.9 Å². The highest BCUT2D eigenvalue weighted by atomic mass is 32.2. The molecule has 0 atom stereocenters. The van der Waals surface area contributed by atoms with Crippen molar-refractivity contribution in [1.82, 2.24) is 9.29 Å². The van der Waals surface area contributed by atoms with Crippen molar-refractivity contribution in [1.29, 1.82) is 0 Å². The standard InChI is InChI=1S/C32H33N3O7S/c1-4-41-28-11-7-8-12-30(28)43(38,39)34-31(36)22-14-13-21(29(18-22)40-3)17-23-20-35(2)27-16-15-24(19-26(23)27)33-32(37)42-25-9-5-6-10-25/h4,7-8,11-16,18-20,25H,1,5-6,9-10,17H2,2-3H3,(H,33,37)(H,34,36). The fraction of sp³-hybridized carbons (Fsp3) is 0.250. The molecule has 10 nitrogen and oxygen atoms in total. The molecule has 0 spiro atoms. The van der Waals surface area contributed by atoms with Crippen molar-refractivity contribution in [3.8, 4) is 11.5 Å². The SMILES string of the molecule is C=COc1ccccc1S(=O)(=O)NC(=O)c1ccc(Cc2cn(C)c3ccc(NC(=O)OC4CCCC4)cc23)c(OC)c1. The Labute approximate surface area is 250 Å². The molecule has 0 unspecified atom stereocenters. The van der Waals surface area contributed by atoms with Gasteiger partial charge in [-0.25, -0.2) is 17.9 Å². The average Bonchev–Trinajstić information content (AvgIpc) is 3.60. The number of hydrogen-bond donors (Lipinski definition) is 2. The second-order valence-electron chi connectivity index (χ2n) is 10.3. The summed E-state index contributed by atoms with van der Waals surface area (Å²) in [4.78, 5) is 25.2. The summed E-state index contributed by atoms with van der Waals surface area (Å²) in [6.45, 7) is 3.45. The van der Waals surface area contributed by atoms with E-state index in [0.717, 1.165) is 54.0 Å². The first-order valence-corrected chi connectivity index (χ1v) is 15.3. The third-order valence-electron chi connectivity index (χ3n) is 7.40. The number of methoxy groups -OCH3 is 1. The summed E-state index contributed by atoms with van der Waals surface area (Å²) in [7, 11) is -0.806. The Balaban J connectivity index is 1.35. The van der Waals surface area contributed by atoms with Gasteiger partial charge in [0.15, 0.2) is 0 Å². The summed E-state index contributed by atoms with van der Waals surface area (Å²) in [5.74, 6) is -0.347. The smallest absolute Gasteiger partial charge is 0.411 e. The van der Waals surface area contributed by atoms with E-state index < -0.39 is 22.0 Å². The van der Waals surface area contributed by atoms with E-state index in [1.54, 1.807) is 18.2 Å². The predicted molar refractivity (Wildman–Crippen MR) is 163 cm³/mol. The molecule has 2 N–H and O–H groups in total. The first-order chi connectivity index (χ1) is 20.7. The lowest BCUT2D eigenvalue weighted by Crippen LogP contribution is -2.30. The lowest BCUT2D eigenvalue weighted by atomic mass is 10.0. The molecule has 4 aromatic rings. The molecule has 0 bridgehead atoms. The minimum absolute atomic E-state index is 0.0317. The Hall–Kier alpha value is -4.77. The second kappa shape index (κ2) is 12.6. The highest BCUT2D eigenvalue weighted by Crippen LogP contribution is 2.31. The molecule has 1 saturated carbocycles. The number of nitrogens with one attached hydrogen (secondary N) is 2. The third kappa shape index (κ3) is 6.67. The van der Waals surface area contributed by atoms with Crippen LogP contribution in [0.25, 0.3) is 10.9 Å². The number of anilines is 1. The van der Waals surface area contributed by atoms with Crippen LogP contribution in [-0.4, -0.2) is 38.2 Å². The Morgan fingerprint density at radius 1 is 1.02 bits per heavy atom. The number of rotatable bonds is 10. The van der Waals surface area contributed by atoms with E-state index in [-0.39, 0.29) is 22.3 Å². The van der Waals surface area contributed by atoms with Crippen molar-refractivity contribution in [3.63, 3.8) is 0 Å². The molecule has 0 radical (unpaired) electrons. The Kier molecular flexibility index (Phi) is 8.72. The summed E-state index contributed by atoms with van der Waals surface area (Å²) >= 11 is 0. The van der Waals surface area contributed by atoms with Crippen LogP contribution < -0.4 is 19.5 Å². The first kappa shape index (κ1) is 29.7. The van der Waals surface area contributed by atoms with E-state index in [2.05, 4.69) is 16.6 Å². The van der Waals surface area contributed by atoms with Crippen LogP contribution in [0.3, 0.4) is 0 Å². The molecular weight excluding hydrogens is 570 g/mol. The predicted octanol–water partition coefficient (Wildman–Crippen LogP) is 5.91. The van der Waals surface area contributed by atoms with Crippen molar-refractivity contribution < 1.29 is 32.2 Å². The van der Waals surface area contributed by atoms with Gasteiger partial charge >= 0.3 is 6.09 Å². The Morgan fingerprint density at radius 3 is 2.53 bits per heavy atom. The van der Waals surface area contributed by atoms with Gasteiger partial charge in [-0.1, -0.05) is 24.8 Å². The van der Waals surface area contributed by atoms with Crippen LogP contribution in [0.15, 0.2) is 84.6 Å². The van der Waals surface area contributed by atoms with Crippen molar-refractivity contribution >= 4 is 38.6 Å². The molecule has 2 amide bonds. The van der Waals surface area contributed by atoms with Gasteiger partial charge in [0.1, 0.15) is 22.5 Å². The van der Waals surface area contributed by atoms with E-state index >= 15 is 0 Å². The number of carbonyl (C=O) groups excluding carboxylic acids is 2. The molecule has 3 aromatic carbocycles. The number of carbonyl (C=O) groups is 2. The van der Waals surface area contributed by atoms with Gasteiger partial charge in [0, 0.05) is 41.8 Å². The summed E-state index contributed by atoms with van der Waals surface area (Å²) in [6, 6.07) is 16.4. The summed E-state index contributed by atoms with van der Waals surface area (Å²) < 4.78 is 46.3. The molecule has 43 heavy (non-hydrogen) atoms. The number of aryl methyl sites for hydroxylation is 1. The average molecular weight is 604 g/mol. The number of para-hydroxylation sites is 1. The van der Waals surface area contributed by atoms with Crippen LogP contribution >= 0.6 is 0 Å². The fourth-order valence-corrected chi connectivity index (χ4v) is 6.44. The number of fused-ring (bicyclic) bond motifs is 1. The fourth-order valence-electron chi connectivity index (χ4n) is 5.33. The molecule has 1 aliphatic carbocycles. The van der Waals surface area contributed by atoms with Gasteiger partial charge in [0.2, 0.25) is 0 Å². The van der Waals surface area contributed by atoms with Crippen LogP contribution in [0.2, 0.25) is 0 Å². The first-order valence-electron chi connectivity index (χ1n) is 13.8. The Morgan fingerprint density at radius 2 is 1.79 bits per heavy atom. The molecule has 1 heterocycles. The maximum absolute atomic E-state index is 13.0. The van der Waals surface area contributed by atoms with Crippen LogP contribution in [0.4, 0.5) is 10.5 Å². The highest BCUT2D eigenvalue weighted by molar-refractivity contribution is 7.90. The molecule has 1 fully saturated rings. The topological polar surface area (TPSA) is 125 Å². The van der Waals surface area contributed by atoms with Crippen LogP contribution in [0.5, 0.6) is 11.5 Å². The molecule has 11 heteroatoms. The number of hydrogen-bond acceptors (Lipinski definition) is 7. The molecule has 224 valence electrons. The van der Waals surface area contributed by atoms with Crippen molar-refractivity contribution in [2.75, 3.05) is 12.4 Å². The number of amides is 2. The molecule has 1 aromatic heterocycles. The van der Waals surface area contributed by atoms with Gasteiger partial charge in [-0.2, -0.15) is 0 Å². The summed E-state index contributed by atoms with van der Waals surface area (Å²) in [6.07, 6.45) is 7.02. The second-order valence-corrected chi connectivity index (χ2v) is 12.0. The summed E-state index contributed by atoms with van der Waals surface area (Å²) in [5, 5.41) is 3.78. The van der Waals surface area contributed by atoms with Crippen LogP contribution in [0.1, 0.15) is 47.2 Å². The zero-order valence-electron chi connectivity index (χ0n) is 24.0. The maximum atomic E-state index is 13.0. The van der Waals surface area contributed by atoms with Crippen molar-refractivity contribution in [2.24, 2.45) is 7.05 Å². The lowest BCUT2D eigenvalue weighted by molar-refractivity contribution is 0.0980. The van der Waals surface area contributed by atoms with Gasteiger partial charge < -0.3 is 18.8 Å². The van der Waals surface area contributed by atoms with Gasteiger partial charge in [0.05, 0.1) is 13.4 Å². The number of ether oxygens (including phenoxy) is 3. The zero-order valence-corrected chi connectivity index (χ0v) is 24.8. The minimum Gasteiger partial charge on any atom is -0.496 e. The van der Waals surface area contributed by atoms with Crippen LogP contribution in [-0.2, 0) is 28.2 Å². The quantitative estimate of drug-likeness (QED) is 0.216. The van der Waals surface area contributed by atoms with Gasteiger partial charge in [0.25, 0.3) is 15.9 Å². The summed E-state index contributed by atoms with van der Waals surface area (Å²) in [5.41, 5.74) is 3.48. The van der Waals surface area contributed by atoms with Crippen molar-refractivity contribution in [2.45, 2.75) is 43.1 Å². The Bertz CT molecular complexity index is 1790. The number of sulfonamides is 1. The van der Waals surface area contributed by atoms with E-state index in [4.69, 9.17) is 14.2 Å². The third-order valence-corrected chi connectivity index (χ3v) is 8.77. The molecule has 5 rings (SSSR count). The van der Waals surface area contributed by atoms with Crippen molar-refractivity contribution in [3.05, 3.63) is 96.4 Å². The van der Waals surface area contributed by atoms with E-state index in [9.17, 15) is 18.0 Å².